The van der Waals surface area contributed by atoms with Crippen LogP contribution in [0.2, 0.25) is 0 Å². The monoisotopic (exact) mass is 579 g/mol. The smallest absolute Gasteiger partial charge is 0.252 e. The van der Waals surface area contributed by atoms with Crippen LogP contribution in [0.5, 0.6) is 0 Å². The van der Waals surface area contributed by atoms with Crippen molar-refractivity contribution in [1.29, 1.82) is 0 Å². The summed E-state index contributed by atoms with van der Waals surface area (Å²) < 4.78 is 0. The Morgan fingerprint density at radius 2 is 1.24 bits per heavy atom. The molecule has 3 heterocycles. The van der Waals surface area contributed by atoms with E-state index in [-0.39, 0.29) is 6.71 Å². The van der Waals surface area contributed by atoms with Crippen molar-refractivity contribution in [2.24, 2.45) is 0 Å². The minimum Gasteiger partial charge on any atom is -0.342 e. The second-order valence-corrected chi connectivity index (χ2v) is 12.6. The molecule has 3 aliphatic rings. The molecule has 9 rings (SSSR count). The van der Waals surface area contributed by atoms with Crippen LogP contribution in [0, 0.1) is 13.8 Å². The minimum absolute atomic E-state index is 0.171. The average Bonchev–Trinajstić information content (AvgIpc) is 3.08. The number of fused-ring (bicyclic) bond motifs is 4. The fourth-order valence-electron chi connectivity index (χ4n) is 7.99. The molecular weight excluding hydrogens is 545 g/mol. The first-order valence-corrected chi connectivity index (χ1v) is 16.1. The standard InChI is InChI=1S/C41H34BN3/c1-28-20-22-35-37(25-28)45(32-17-10-5-11-18-32)39-27-33(44(30-13-6-3-7-14-30)31-15-8-4-9-16-31)26-38-40(39)42(35)36-23-21-29(2)34-19-12-24-43(38)41(34)36/h3-11,13-18,20-23,25-27H,12,19,24H2,1-2H3. The van der Waals surface area contributed by atoms with Crippen molar-refractivity contribution in [2.75, 3.05) is 21.2 Å². The second-order valence-electron chi connectivity index (χ2n) is 12.6. The normalized spacial score (nSPS) is 14.0. The lowest BCUT2D eigenvalue weighted by Gasteiger charge is -2.47. The first-order valence-electron chi connectivity index (χ1n) is 16.1. The number of benzene rings is 6. The van der Waals surface area contributed by atoms with Crippen molar-refractivity contribution in [3.8, 4) is 0 Å². The van der Waals surface area contributed by atoms with Gasteiger partial charge in [-0.15, -0.1) is 0 Å². The van der Waals surface area contributed by atoms with Crippen LogP contribution >= 0.6 is 0 Å². The highest BCUT2D eigenvalue weighted by atomic mass is 15.2. The molecule has 3 aliphatic heterocycles. The Balaban J connectivity index is 1.40. The van der Waals surface area contributed by atoms with Crippen molar-refractivity contribution in [1.82, 2.24) is 0 Å². The van der Waals surface area contributed by atoms with Gasteiger partial charge in [0.25, 0.3) is 6.71 Å². The fourth-order valence-corrected chi connectivity index (χ4v) is 7.99. The SMILES string of the molecule is Cc1ccc2c(c1)N(c1ccccc1)c1cc(N(c3ccccc3)c3ccccc3)cc3c1B2c1ccc(C)c2c1N3CCC2. The van der Waals surface area contributed by atoms with Gasteiger partial charge in [-0.2, -0.15) is 0 Å². The summed E-state index contributed by atoms with van der Waals surface area (Å²) in [7, 11) is 0. The van der Waals surface area contributed by atoms with Crippen molar-refractivity contribution >= 4 is 68.6 Å². The van der Waals surface area contributed by atoms with Gasteiger partial charge < -0.3 is 14.7 Å². The van der Waals surface area contributed by atoms with Gasteiger partial charge in [-0.1, -0.05) is 78.9 Å². The van der Waals surface area contributed by atoms with Crippen LogP contribution in [0.15, 0.2) is 133 Å². The van der Waals surface area contributed by atoms with Crippen molar-refractivity contribution in [3.05, 3.63) is 150 Å². The molecule has 0 fully saturated rings. The predicted molar refractivity (Wildman–Crippen MR) is 192 cm³/mol. The topological polar surface area (TPSA) is 9.72 Å². The van der Waals surface area contributed by atoms with E-state index in [0.29, 0.717) is 0 Å². The Bertz CT molecular complexity index is 2030. The third-order valence-electron chi connectivity index (χ3n) is 9.92. The highest BCUT2D eigenvalue weighted by Crippen LogP contribution is 2.47. The molecule has 0 saturated heterocycles. The van der Waals surface area contributed by atoms with E-state index in [9.17, 15) is 0 Å². The highest BCUT2D eigenvalue weighted by molar-refractivity contribution is 7.00. The van der Waals surface area contributed by atoms with Gasteiger partial charge in [-0.3, -0.25) is 0 Å². The van der Waals surface area contributed by atoms with Gasteiger partial charge >= 0.3 is 0 Å². The van der Waals surface area contributed by atoms with Crippen LogP contribution in [-0.2, 0) is 6.42 Å². The summed E-state index contributed by atoms with van der Waals surface area (Å²) in [6, 6.07) is 49.2. The molecule has 4 heteroatoms. The molecular formula is C41H34BN3. The molecule has 45 heavy (non-hydrogen) atoms. The maximum absolute atomic E-state index is 2.65. The Labute approximate surface area is 266 Å². The Kier molecular flexibility index (Phi) is 5.92. The van der Waals surface area contributed by atoms with Gasteiger partial charge in [-0.05, 0) is 114 Å². The molecule has 0 radical (unpaired) electrons. The zero-order valence-electron chi connectivity index (χ0n) is 25.7. The average molecular weight is 580 g/mol. The third kappa shape index (κ3) is 3.98. The maximum Gasteiger partial charge on any atom is 0.252 e. The first-order chi connectivity index (χ1) is 22.2. The molecule has 0 spiro atoms. The molecule has 0 saturated carbocycles. The van der Waals surface area contributed by atoms with Crippen molar-refractivity contribution < 1.29 is 0 Å². The van der Waals surface area contributed by atoms with Gasteiger partial charge in [0, 0.05) is 46.4 Å². The summed E-state index contributed by atoms with van der Waals surface area (Å²) in [4.78, 5) is 7.58. The molecule has 0 unspecified atom stereocenters. The first kappa shape index (κ1) is 26.2. The maximum atomic E-state index is 2.65. The molecule has 3 nitrogen and oxygen atoms in total. The molecule has 0 aromatic heterocycles. The largest absolute Gasteiger partial charge is 0.342 e. The van der Waals surface area contributed by atoms with Gasteiger partial charge in [0.1, 0.15) is 0 Å². The summed E-state index contributed by atoms with van der Waals surface area (Å²) in [5.41, 5.74) is 18.4. The molecule has 6 aromatic rings. The number of rotatable bonds is 4. The lowest BCUT2D eigenvalue weighted by Crippen LogP contribution is -2.62. The Morgan fingerprint density at radius 3 is 1.96 bits per heavy atom. The third-order valence-corrected chi connectivity index (χ3v) is 9.92. The molecule has 0 N–H and O–H groups in total. The van der Waals surface area contributed by atoms with Crippen LogP contribution in [0.25, 0.3) is 0 Å². The fraction of sp³-hybridized carbons (Fsp3) is 0.122. The zero-order chi connectivity index (χ0) is 30.1. The predicted octanol–water partition coefficient (Wildman–Crippen LogP) is 8.47. The van der Waals surface area contributed by atoms with E-state index in [1.165, 1.54) is 67.2 Å². The van der Waals surface area contributed by atoms with E-state index in [2.05, 4.69) is 162 Å². The second kappa shape index (κ2) is 10.2. The van der Waals surface area contributed by atoms with E-state index in [1.807, 2.05) is 0 Å². The van der Waals surface area contributed by atoms with Gasteiger partial charge in [-0.25, -0.2) is 0 Å². The van der Waals surface area contributed by atoms with E-state index in [1.54, 1.807) is 0 Å². The molecule has 0 atom stereocenters. The number of anilines is 8. The van der Waals surface area contributed by atoms with Gasteiger partial charge in [0.05, 0.1) is 5.69 Å². The quantitative estimate of drug-likeness (QED) is 0.194. The van der Waals surface area contributed by atoms with Crippen LogP contribution in [0.4, 0.5) is 45.5 Å². The minimum atomic E-state index is 0.171. The summed E-state index contributed by atoms with van der Waals surface area (Å²) in [5, 5.41) is 0. The van der Waals surface area contributed by atoms with Gasteiger partial charge in [0.2, 0.25) is 0 Å². The number of hydrogen-bond donors (Lipinski definition) is 0. The lowest BCUT2D eigenvalue weighted by atomic mass is 9.33. The van der Waals surface area contributed by atoms with Crippen LogP contribution in [0.1, 0.15) is 23.1 Å². The van der Waals surface area contributed by atoms with Crippen molar-refractivity contribution in [2.45, 2.75) is 26.7 Å². The van der Waals surface area contributed by atoms with Crippen LogP contribution in [0.3, 0.4) is 0 Å². The molecule has 0 amide bonds. The highest BCUT2D eigenvalue weighted by Gasteiger charge is 2.44. The van der Waals surface area contributed by atoms with E-state index in [0.717, 1.165) is 30.8 Å². The van der Waals surface area contributed by atoms with Crippen molar-refractivity contribution in [3.63, 3.8) is 0 Å². The number of para-hydroxylation sites is 3. The Hall–Kier alpha value is -5.22. The Morgan fingerprint density at radius 1 is 0.600 bits per heavy atom. The molecule has 6 aromatic carbocycles. The summed E-state index contributed by atoms with van der Waals surface area (Å²) in [6.07, 6.45) is 2.29. The number of hydrogen-bond acceptors (Lipinski definition) is 3. The van der Waals surface area contributed by atoms with Crippen LogP contribution in [-0.4, -0.2) is 13.3 Å². The summed E-state index contributed by atoms with van der Waals surface area (Å²) in [6.45, 7) is 5.70. The summed E-state index contributed by atoms with van der Waals surface area (Å²) >= 11 is 0. The van der Waals surface area contributed by atoms with Gasteiger partial charge in [0.15, 0.2) is 0 Å². The van der Waals surface area contributed by atoms with Crippen LogP contribution < -0.4 is 31.1 Å². The lowest BCUT2D eigenvalue weighted by molar-refractivity contribution is 0.764. The number of nitrogens with zero attached hydrogens (tertiary/aromatic N) is 3. The number of aryl methyl sites for hydroxylation is 2. The molecule has 0 bridgehead atoms. The molecule has 0 aliphatic carbocycles. The zero-order valence-corrected chi connectivity index (χ0v) is 25.7. The van der Waals surface area contributed by atoms with E-state index < -0.39 is 0 Å². The molecule has 216 valence electrons. The summed E-state index contributed by atoms with van der Waals surface area (Å²) in [5.74, 6) is 0. The van der Waals surface area contributed by atoms with E-state index in [4.69, 9.17) is 0 Å². The van der Waals surface area contributed by atoms with E-state index >= 15 is 0 Å².